The van der Waals surface area contributed by atoms with Crippen molar-refractivity contribution < 1.29 is 13.9 Å². The van der Waals surface area contributed by atoms with E-state index in [1.165, 1.54) is 12.1 Å². The van der Waals surface area contributed by atoms with E-state index in [-0.39, 0.29) is 5.82 Å². The van der Waals surface area contributed by atoms with Gasteiger partial charge in [-0.25, -0.2) is 4.39 Å². The Morgan fingerprint density at radius 2 is 2.10 bits per heavy atom. The third kappa shape index (κ3) is 8.27. The molecular weight excluding hydrogens is 273 g/mol. The molecular formula is C15H24FN3O2. The number of nitrogens with one attached hydrogen (secondary N) is 2. The summed E-state index contributed by atoms with van der Waals surface area (Å²) in [6.07, 6.45) is 0.879. The van der Waals surface area contributed by atoms with Gasteiger partial charge in [0.1, 0.15) is 5.82 Å². The molecule has 0 saturated carbocycles. The smallest absolute Gasteiger partial charge is 0.191 e. The quantitative estimate of drug-likeness (QED) is 0.412. The number of nitrogens with zero attached hydrogens (tertiary/aromatic N) is 1. The van der Waals surface area contributed by atoms with Crippen LogP contribution in [0.5, 0.6) is 0 Å². The summed E-state index contributed by atoms with van der Waals surface area (Å²) in [5, 5.41) is 6.31. The van der Waals surface area contributed by atoms with E-state index in [4.69, 9.17) is 9.47 Å². The van der Waals surface area contributed by atoms with E-state index in [0.29, 0.717) is 32.3 Å². The Bertz CT molecular complexity index is 427. The van der Waals surface area contributed by atoms with Crippen LogP contribution in [0.15, 0.2) is 29.3 Å². The van der Waals surface area contributed by atoms with Crippen molar-refractivity contribution >= 4 is 5.96 Å². The molecule has 21 heavy (non-hydrogen) atoms. The SMILES string of the molecule is CN=C(NCCCOCCOC)NCc1cccc(F)c1. The van der Waals surface area contributed by atoms with Crippen molar-refractivity contribution in [3.05, 3.63) is 35.6 Å². The van der Waals surface area contributed by atoms with E-state index < -0.39 is 0 Å². The van der Waals surface area contributed by atoms with Gasteiger partial charge in [-0.1, -0.05) is 12.1 Å². The normalized spacial score (nSPS) is 11.5. The topological polar surface area (TPSA) is 54.9 Å². The predicted molar refractivity (Wildman–Crippen MR) is 81.9 cm³/mol. The molecule has 0 radical (unpaired) electrons. The third-order valence-corrected chi connectivity index (χ3v) is 2.76. The molecule has 0 aliphatic carbocycles. The Morgan fingerprint density at radius 1 is 1.24 bits per heavy atom. The van der Waals surface area contributed by atoms with Gasteiger partial charge in [0.05, 0.1) is 13.2 Å². The van der Waals surface area contributed by atoms with Crippen molar-refractivity contribution in [2.24, 2.45) is 4.99 Å². The Morgan fingerprint density at radius 3 is 2.81 bits per heavy atom. The number of hydrogen-bond acceptors (Lipinski definition) is 3. The van der Waals surface area contributed by atoms with Gasteiger partial charge in [0.25, 0.3) is 0 Å². The van der Waals surface area contributed by atoms with Gasteiger partial charge >= 0.3 is 0 Å². The molecule has 5 nitrogen and oxygen atoms in total. The van der Waals surface area contributed by atoms with E-state index in [2.05, 4.69) is 15.6 Å². The number of ether oxygens (including phenoxy) is 2. The van der Waals surface area contributed by atoms with Crippen molar-refractivity contribution in [3.63, 3.8) is 0 Å². The van der Waals surface area contributed by atoms with Crippen molar-refractivity contribution in [1.82, 2.24) is 10.6 Å². The molecule has 0 bridgehead atoms. The second-order valence-electron chi connectivity index (χ2n) is 4.44. The highest BCUT2D eigenvalue weighted by Gasteiger charge is 1.99. The van der Waals surface area contributed by atoms with Crippen LogP contribution in [0.25, 0.3) is 0 Å². The molecule has 1 aromatic carbocycles. The molecule has 0 saturated heterocycles. The number of halogens is 1. The maximum Gasteiger partial charge on any atom is 0.191 e. The van der Waals surface area contributed by atoms with Crippen LogP contribution in [0.3, 0.4) is 0 Å². The van der Waals surface area contributed by atoms with Crippen LogP contribution in [-0.4, -0.2) is 46.5 Å². The van der Waals surface area contributed by atoms with E-state index >= 15 is 0 Å². The first-order valence-electron chi connectivity index (χ1n) is 7.02. The van der Waals surface area contributed by atoms with Crippen molar-refractivity contribution in [2.75, 3.05) is 40.5 Å². The molecule has 0 aliphatic rings. The van der Waals surface area contributed by atoms with Crippen LogP contribution in [0.4, 0.5) is 4.39 Å². The lowest BCUT2D eigenvalue weighted by Crippen LogP contribution is -2.37. The van der Waals surface area contributed by atoms with E-state index in [0.717, 1.165) is 18.5 Å². The summed E-state index contributed by atoms with van der Waals surface area (Å²) in [5.74, 6) is 0.460. The monoisotopic (exact) mass is 297 g/mol. The average molecular weight is 297 g/mol. The zero-order chi connectivity index (χ0) is 15.3. The molecule has 1 aromatic rings. The first-order valence-corrected chi connectivity index (χ1v) is 7.02. The predicted octanol–water partition coefficient (Wildman–Crippen LogP) is 1.54. The number of benzene rings is 1. The fourth-order valence-electron chi connectivity index (χ4n) is 1.68. The molecule has 0 atom stereocenters. The Balaban J connectivity index is 2.15. The first kappa shape index (κ1) is 17.4. The number of aliphatic imine (C=N–C) groups is 1. The molecule has 118 valence electrons. The first-order chi connectivity index (χ1) is 10.3. The third-order valence-electron chi connectivity index (χ3n) is 2.76. The van der Waals surface area contributed by atoms with Gasteiger partial charge in [0.15, 0.2) is 5.96 Å². The number of methoxy groups -OCH3 is 1. The average Bonchev–Trinajstić information content (AvgIpc) is 2.49. The van der Waals surface area contributed by atoms with Crippen LogP contribution < -0.4 is 10.6 Å². The molecule has 0 unspecified atom stereocenters. The van der Waals surface area contributed by atoms with Gasteiger partial charge < -0.3 is 20.1 Å². The lowest BCUT2D eigenvalue weighted by Gasteiger charge is -2.12. The molecule has 0 aliphatic heterocycles. The minimum atomic E-state index is -0.231. The summed E-state index contributed by atoms with van der Waals surface area (Å²) in [7, 11) is 3.36. The summed E-state index contributed by atoms with van der Waals surface area (Å²) in [4.78, 5) is 4.11. The van der Waals surface area contributed by atoms with Gasteiger partial charge in [-0.3, -0.25) is 4.99 Å². The maximum atomic E-state index is 13.1. The van der Waals surface area contributed by atoms with E-state index in [1.54, 1.807) is 20.2 Å². The minimum absolute atomic E-state index is 0.231. The second-order valence-corrected chi connectivity index (χ2v) is 4.44. The highest BCUT2D eigenvalue weighted by molar-refractivity contribution is 5.79. The van der Waals surface area contributed by atoms with Crippen molar-refractivity contribution in [1.29, 1.82) is 0 Å². The number of guanidine groups is 1. The highest BCUT2D eigenvalue weighted by atomic mass is 19.1. The van der Waals surface area contributed by atoms with Gasteiger partial charge in [0.2, 0.25) is 0 Å². The highest BCUT2D eigenvalue weighted by Crippen LogP contribution is 2.02. The van der Waals surface area contributed by atoms with Gasteiger partial charge in [-0.15, -0.1) is 0 Å². The van der Waals surface area contributed by atoms with Gasteiger partial charge in [-0.2, -0.15) is 0 Å². The lowest BCUT2D eigenvalue weighted by molar-refractivity contribution is 0.0698. The summed E-state index contributed by atoms with van der Waals surface area (Å²) in [5.41, 5.74) is 0.876. The van der Waals surface area contributed by atoms with Crippen molar-refractivity contribution in [2.45, 2.75) is 13.0 Å². The fraction of sp³-hybridized carbons (Fsp3) is 0.533. The van der Waals surface area contributed by atoms with E-state index in [9.17, 15) is 4.39 Å². The zero-order valence-corrected chi connectivity index (χ0v) is 12.7. The summed E-state index contributed by atoms with van der Waals surface area (Å²) in [6, 6.07) is 6.50. The Kier molecular flexibility index (Phi) is 9.15. The molecule has 2 N–H and O–H groups in total. The van der Waals surface area contributed by atoms with Gasteiger partial charge in [-0.05, 0) is 24.1 Å². The van der Waals surface area contributed by atoms with Crippen LogP contribution >= 0.6 is 0 Å². The molecule has 0 aromatic heterocycles. The minimum Gasteiger partial charge on any atom is -0.382 e. The van der Waals surface area contributed by atoms with Gasteiger partial charge in [0, 0.05) is 33.9 Å². The van der Waals surface area contributed by atoms with E-state index in [1.807, 2.05) is 6.07 Å². The molecule has 1 rings (SSSR count). The van der Waals surface area contributed by atoms with Crippen LogP contribution in [0.1, 0.15) is 12.0 Å². The summed E-state index contributed by atoms with van der Waals surface area (Å²) < 4.78 is 23.3. The second kappa shape index (κ2) is 11.0. The maximum absolute atomic E-state index is 13.1. The Labute approximate surface area is 125 Å². The molecule has 0 amide bonds. The summed E-state index contributed by atoms with van der Waals surface area (Å²) >= 11 is 0. The van der Waals surface area contributed by atoms with Crippen LogP contribution in [0, 0.1) is 5.82 Å². The molecule has 6 heteroatoms. The standard InChI is InChI=1S/C15H24FN3O2/c1-17-15(18-7-4-8-21-10-9-20-2)19-12-13-5-3-6-14(16)11-13/h3,5-6,11H,4,7-10,12H2,1-2H3,(H2,17,18,19). The fourth-order valence-corrected chi connectivity index (χ4v) is 1.68. The largest absolute Gasteiger partial charge is 0.382 e. The number of hydrogen-bond donors (Lipinski definition) is 2. The van der Waals surface area contributed by atoms with Crippen LogP contribution in [0.2, 0.25) is 0 Å². The molecule has 0 spiro atoms. The zero-order valence-electron chi connectivity index (χ0n) is 12.7. The molecule has 0 heterocycles. The summed E-state index contributed by atoms with van der Waals surface area (Å²) in [6.45, 7) is 3.20. The molecule has 0 fully saturated rings. The van der Waals surface area contributed by atoms with Crippen molar-refractivity contribution in [3.8, 4) is 0 Å². The Hall–Kier alpha value is -1.66. The lowest BCUT2D eigenvalue weighted by atomic mass is 10.2. The number of rotatable bonds is 9. The van der Waals surface area contributed by atoms with Crippen LogP contribution in [-0.2, 0) is 16.0 Å².